The standard InChI is InChI=1S/C13H21NO3/c1-13(2,9-15)14(3)10-6-7-11(16-4)12(8-10)17-5/h6-8,15H,9H2,1-5H3. The zero-order valence-electron chi connectivity index (χ0n) is 11.2. The number of rotatable bonds is 5. The highest BCUT2D eigenvalue weighted by Crippen LogP contribution is 2.33. The molecule has 1 N–H and O–H groups in total. The molecule has 1 aromatic rings. The first-order chi connectivity index (χ1) is 7.96. The summed E-state index contributed by atoms with van der Waals surface area (Å²) in [5.74, 6) is 1.39. The zero-order valence-corrected chi connectivity index (χ0v) is 11.2. The maximum Gasteiger partial charge on any atom is 0.162 e. The molecule has 0 amide bonds. The van der Waals surface area contributed by atoms with Gasteiger partial charge in [-0.25, -0.2) is 0 Å². The summed E-state index contributed by atoms with van der Waals surface area (Å²) in [7, 11) is 5.16. The van der Waals surface area contributed by atoms with Gasteiger partial charge in [-0.15, -0.1) is 0 Å². The first-order valence-electron chi connectivity index (χ1n) is 5.53. The zero-order chi connectivity index (χ0) is 13.1. The van der Waals surface area contributed by atoms with Gasteiger partial charge in [0.1, 0.15) is 0 Å². The fraction of sp³-hybridized carbons (Fsp3) is 0.538. The molecule has 0 saturated heterocycles. The van der Waals surface area contributed by atoms with Crippen LogP contribution in [0.4, 0.5) is 5.69 Å². The third-order valence-electron chi connectivity index (χ3n) is 3.05. The van der Waals surface area contributed by atoms with Crippen LogP contribution in [0.5, 0.6) is 11.5 Å². The van der Waals surface area contributed by atoms with E-state index in [0.29, 0.717) is 11.5 Å². The summed E-state index contributed by atoms with van der Waals surface area (Å²) in [5.41, 5.74) is 0.654. The summed E-state index contributed by atoms with van der Waals surface area (Å²) in [6.07, 6.45) is 0. The molecule has 0 unspecified atom stereocenters. The first-order valence-corrected chi connectivity index (χ1v) is 5.53. The van der Waals surface area contributed by atoms with Crippen molar-refractivity contribution in [2.45, 2.75) is 19.4 Å². The van der Waals surface area contributed by atoms with E-state index in [4.69, 9.17) is 9.47 Å². The Kier molecular flexibility index (Phi) is 4.23. The smallest absolute Gasteiger partial charge is 0.162 e. The van der Waals surface area contributed by atoms with Crippen LogP contribution in [0.2, 0.25) is 0 Å². The number of hydrogen-bond donors (Lipinski definition) is 1. The number of aliphatic hydroxyl groups excluding tert-OH is 1. The second kappa shape index (κ2) is 5.27. The van der Waals surface area contributed by atoms with Crippen molar-refractivity contribution >= 4 is 5.69 Å². The Bertz CT molecular complexity index is 377. The molecule has 96 valence electrons. The summed E-state index contributed by atoms with van der Waals surface area (Å²) in [5, 5.41) is 9.36. The topological polar surface area (TPSA) is 41.9 Å². The summed E-state index contributed by atoms with van der Waals surface area (Å²) >= 11 is 0. The van der Waals surface area contributed by atoms with Crippen LogP contribution >= 0.6 is 0 Å². The second-order valence-electron chi connectivity index (χ2n) is 4.57. The van der Waals surface area contributed by atoms with Crippen molar-refractivity contribution in [1.29, 1.82) is 0 Å². The van der Waals surface area contributed by atoms with Gasteiger partial charge in [-0.3, -0.25) is 0 Å². The summed E-state index contributed by atoms with van der Waals surface area (Å²) in [4.78, 5) is 2.01. The van der Waals surface area contributed by atoms with Crippen LogP contribution in [0.25, 0.3) is 0 Å². The largest absolute Gasteiger partial charge is 0.493 e. The normalized spacial score (nSPS) is 11.2. The highest BCUT2D eigenvalue weighted by atomic mass is 16.5. The van der Waals surface area contributed by atoms with Gasteiger partial charge < -0.3 is 19.5 Å². The lowest BCUT2D eigenvalue weighted by molar-refractivity contribution is 0.216. The summed E-state index contributed by atoms with van der Waals surface area (Å²) in [6.45, 7) is 4.03. The maximum absolute atomic E-state index is 9.36. The Labute approximate surface area is 103 Å². The van der Waals surface area contributed by atoms with Crippen molar-refractivity contribution in [2.75, 3.05) is 32.8 Å². The molecule has 4 heteroatoms. The number of likely N-dealkylation sites (N-methyl/N-ethyl adjacent to an activating group) is 1. The van der Waals surface area contributed by atoms with E-state index in [1.54, 1.807) is 14.2 Å². The first kappa shape index (κ1) is 13.6. The van der Waals surface area contributed by atoms with E-state index in [2.05, 4.69) is 0 Å². The van der Waals surface area contributed by atoms with Crippen molar-refractivity contribution in [3.8, 4) is 11.5 Å². The van der Waals surface area contributed by atoms with Gasteiger partial charge in [0.15, 0.2) is 11.5 Å². The molecule has 0 heterocycles. The fourth-order valence-corrected chi connectivity index (χ4v) is 1.49. The van der Waals surface area contributed by atoms with E-state index in [1.807, 2.05) is 44.0 Å². The van der Waals surface area contributed by atoms with Crippen LogP contribution in [-0.4, -0.2) is 38.5 Å². The molecule has 0 atom stereocenters. The molecular formula is C13H21NO3. The molecular weight excluding hydrogens is 218 g/mol. The Morgan fingerprint density at radius 1 is 1.18 bits per heavy atom. The predicted molar refractivity (Wildman–Crippen MR) is 69.1 cm³/mol. The molecule has 0 spiro atoms. The van der Waals surface area contributed by atoms with Crippen LogP contribution in [0.15, 0.2) is 18.2 Å². The molecule has 0 saturated carbocycles. The van der Waals surface area contributed by atoms with Crippen molar-refractivity contribution < 1.29 is 14.6 Å². The molecule has 4 nitrogen and oxygen atoms in total. The number of benzene rings is 1. The van der Waals surface area contributed by atoms with Gasteiger partial charge in [0, 0.05) is 18.8 Å². The molecule has 17 heavy (non-hydrogen) atoms. The fourth-order valence-electron chi connectivity index (χ4n) is 1.49. The summed E-state index contributed by atoms with van der Waals surface area (Å²) in [6, 6.07) is 5.70. The Balaban J connectivity index is 3.07. The van der Waals surface area contributed by atoms with Crippen LogP contribution < -0.4 is 14.4 Å². The number of nitrogens with zero attached hydrogens (tertiary/aromatic N) is 1. The molecule has 0 aliphatic rings. The minimum Gasteiger partial charge on any atom is -0.493 e. The Morgan fingerprint density at radius 3 is 2.24 bits per heavy atom. The molecule has 0 aromatic heterocycles. The van der Waals surface area contributed by atoms with E-state index in [9.17, 15) is 5.11 Å². The molecule has 0 radical (unpaired) electrons. The lowest BCUT2D eigenvalue weighted by Gasteiger charge is -2.36. The van der Waals surface area contributed by atoms with Gasteiger partial charge >= 0.3 is 0 Å². The average Bonchev–Trinajstić information content (AvgIpc) is 2.36. The monoisotopic (exact) mass is 239 g/mol. The Hall–Kier alpha value is -1.42. The van der Waals surface area contributed by atoms with Gasteiger partial charge in [-0.2, -0.15) is 0 Å². The molecule has 0 aliphatic carbocycles. The number of anilines is 1. The van der Waals surface area contributed by atoms with Gasteiger partial charge in [-0.05, 0) is 26.0 Å². The highest BCUT2D eigenvalue weighted by molar-refractivity contribution is 5.57. The third-order valence-corrected chi connectivity index (χ3v) is 3.05. The van der Waals surface area contributed by atoms with E-state index in [0.717, 1.165) is 5.69 Å². The van der Waals surface area contributed by atoms with Crippen LogP contribution in [-0.2, 0) is 0 Å². The minimum absolute atomic E-state index is 0.0812. The lowest BCUT2D eigenvalue weighted by Crippen LogP contribution is -2.44. The van der Waals surface area contributed by atoms with Crippen LogP contribution in [0, 0.1) is 0 Å². The SMILES string of the molecule is COc1ccc(N(C)C(C)(C)CO)cc1OC. The predicted octanol–water partition coefficient (Wildman–Crippen LogP) is 1.91. The van der Waals surface area contributed by atoms with Gasteiger partial charge in [-0.1, -0.05) is 0 Å². The van der Waals surface area contributed by atoms with Gasteiger partial charge in [0.05, 0.1) is 26.4 Å². The van der Waals surface area contributed by atoms with E-state index < -0.39 is 0 Å². The quantitative estimate of drug-likeness (QED) is 0.852. The van der Waals surface area contributed by atoms with Crippen molar-refractivity contribution in [3.05, 3.63) is 18.2 Å². The third kappa shape index (κ3) is 2.82. The average molecular weight is 239 g/mol. The molecule has 0 fully saturated rings. The van der Waals surface area contributed by atoms with Crippen LogP contribution in [0.1, 0.15) is 13.8 Å². The van der Waals surface area contributed by atoms with Crippen molar-refractivity contribution in [1.82, 2.24) is 0 Å². The minimum atomic E-state index is -0.320. The van der Waals surface area contributed by atoms with Crippen molar-refractivity contribution in [2.24, 2.45) is 0 Å². The molecule has 1 aromatic carbocycles. The van der Waals surface area contributed by atoms with Gasteiger partial charge in [0.25, 0.3) is 0 Å². The van der Waals surface area contributed by atoms with E-state index >= 15 is 0 Å². The van der Waals surface area contributed by atoms with Crippen LogP contribution in [0.3, 0.4) is 0 Å². The number of ether oxygens (including phenoxy) is 2. The lowest BCUT2D eigenvalue weighted by atomic mass is 10.0. The molecule has 0 aliphatic heterocycles. The maximum atomic E-state index is 9.36. The molecule has 1 rings (SSSR count). The van der Waals surface area contributed by atoms with E-state index in [-0.39, 0.29) is 12.1 Å². The van der Waals surface area contributed by atoms with Gasteiger partial charge in [0.2, 0.25) is 0 Å². The molecule has 0 bridgehead atoms. The number of aliphatic hydroxyl groups is 1. The second-order valence-corrected chi connectivity index (χ2v) is 4.57. The number of hydrogen-bond acceptors (Lipinski definition) is 4. The summed E-state index contributed by atoms with van der Waals surface area (Å²) < 4.78 is 10.4. The van der Waals surface area contributed by atoms with Crippen molar-refractivity contribution in [3.63, 3.8) is 0 Å². The Morgan fingerprint density at radius 2 is 1.76 bits per heavy atom. The highest BCUT2D eigenvalue weighted by Gasteiger charge is 2.23. The van der Waals surface area contributed by atoms with E-state index in [1.165, 1.54) is 0 Å². The number of methoxy groups -OCH3 is 2.